The molecule has 0 spiro atoms. The van der Waals surface area contributed by atoms with Gasteiger partial charge < -0.3 is 10.1 Å². The van der Waals surface area contributed by atoms with Gasteiger partial charge in [0.2, 0.25) is 11.7 Å². The average Bonchev–Trinajstić information content (AvgIpc) is 3.18. The van der Waals surface area contributed by atoms with Crippen molar-refractivity contribution in [2.75, 3.05) is 0 Å². The molecule has 146 valence electrons. The lowest BCUT2D eigenvalue weighted by Gasteiger charge is -2.16. The quantitative estimate of drug-likeness (QED) is 0.623. The predicted octanol–water partition coefficient (Wildman–Crippen LogP) is 3.04. The van der Waals surface area contributed by atoms with Crippen molar-refractivity contribution in [3.05, 3.63) is 70.3 Å². The largest absolute Gasteiger partial charge is 0.435 e. The summed E-state index contributed by atoms with van der Waals surface area (Å²) >= 11 is 5.70. The molecule has 3 rings (SSSR count). The minimum absolute atomic E-state index is 0.0135. The van der Waals surface area contributed by atoms with Gasteiger partial charge in [-0.25, -0.2) is 4.39 Å². The Hall–Kier alpha value is -3.14. The zero-order chi connectivity index (χ0) is 20.1. The summed E-state index contributed by atoms with van der Waals surface area (Å²) in [6.07, 6.45) is -0.0562. The van der Waals surface area contributed by atoms with Crippen molar-refractivity contribution in [2.45, 2.75) is 19.1 Å². The van der Waals surface area contributed by atoms with E-state index in [2.05, 4.69) is 30.7 Å². The lowest BCUT2D eigenvalue weighted by atomic mass is 10.1. The van der Waals surface area contributed by atoms with Crippen LogP contribution in [-0.2, 0) is 11.2 Å². The highest BCUT2D eigenvalue weighted by Gasteiger charge is 2.22. The van der Waals surface area contributed by atoms with Crippen molar-refractivity contribution in [3.8, 4) is 5.75 Å². The Morgan fingerprint density at radius 3 is 2.57 bits per heavy atom. The van der Waals surface area contributed by atoms with E-state index in [1.54, 1.807) is 0 Å². The number of alkyl halides is 2. The summed E-state index contributed by atoms with van der Waals surface area (Å²) in [5.74, 6) is -0.958. The first-order valence-electron chi connectivity index (χ1n) is 7.94. The van der Waals surface area contributed by atoms with Crippen molar-refractivity contribution in [2.24, 2.45) is 0 Å². The minimum atomic E-state index is -2.93. The average molecular weight is 412 g/mol. The van der Waals surface area contributed by atoms with Gasteiger partial charge >= 0.3 is 6.61 Å². The number of nitrogens with one attached hydrogen (secondary N) is 2. The maximum absolute atomic E-state index is 13.8. The summed E-state index contributed by atoms with van der Waals surface area (Å²) in [6.45, 7) is -2.93. The number of carbonyl (C=O) groups excluding carboxylic acids is 1. The molecule has 28 heavy (non-hydrogen) atoms. The topological polar surface area (TPSA) is 92.8 Å². The summed E-state index contributed by atoms with van der Waals surface area (Å²) in [4.78, 5) is 12.4. The number of hydrogen-bond acceptors (Lipinski definition) is 5. The molecule has 7 nitrogen and oxygen atoms in total. The van der Waals surface area contributed by atoms with Gasteiger partial charge in [-0.05, 0) is 35.4 Å². The molecule has 0 unspecified atom stereocenters. The standard InChI is InChI=1S/C17H13ClF3N5O2/c18-12-6-3-10(8-13(12)19)15(16-23-25-26-24-16)22-14(27)7-9-1-4-11(5-2-9)28-17(20)21/h1-6,8,15,17H,7H2,(H,22,27)(H,23,24,25,26)/t15-/m1/s1. The lowest BCUT2D eigenvalue weighted by Crippen LogP contribution is -2.31. The Morgan fingerprint density at radius 2 is 1.96 bits per heavy atom. The molecule has 0 bridgehead atoms. The van der Waals surface area contributed by atoms with Crippen LogP contribution in [0.4, 0.5) is 13.2 Å². The number of ether oxygens (including phenoxy) is 1. The molecule has 1 atom stereocenters. The van der Waals surface area contributed by atoms with E-state index in [1.165, 1.54) is 42.5 Å². The van der Waals surface area contributed by atoms with Crippen molar-refractivity contribution in [3.63, 3.8) is 0 Å². The number of aromatic amines is 1. The SMILES string of the molecule is O=C(Cc1ccc(OC(F)F)cc1)N[C@H](c1ccc(Cl)c(F)c1)c1nn[nH]n1. The molecule has 0 saturated heterocycles. The van der Waals surface area contributed by atoms with Crippen LogP contribution >= 0.6 is 11.6 Å². The fraction of sp³-hybridized carbons (Fsp3) is 0.176. The zero-order valence-corrected chi connectivity index (χ0v) is 14.8. The highest BCUT2D eigenvalue weighted by atomic mass is 35.5. The first-order chi connectivity index (χ1) is 13.4. The first kappa shape index (κ1) is 19.6. The van der Waals surface area contributed by atoms with Gasteiger partial charge in [0.1, 0.15) is 17.6 Å². The van der Waals surface area contributed by atoms with Crippen molar-refractivity contribution < 1.29 is 22.7 Å². The number of nitrogens with zero attached hydrogens (tertiary/aromatic N) is 3. The number of rotatable bonds is 7. The molecule has 0 aliphatic rings. The molecule has 0 fully saturated rings. The Kier molecular flexibility index (Phi) is 6.09. The van der Waals surface area contributed by atoms with Crippen LogP contribution < -0.4 is 10.1 Å². The maximum atomic E-state index is 13.8. The van der Waals surface area contributed by atoms with E-state index in [4.69, 9.17) is 11.6 Å². The summed E-state index contributed by atoms with van der Waals surface area (Å²) in [6, 6.07) is 8.83. The Bertz CT molecular complexity index is 938. The van der Waals surface area contributed by atoms with E-state index < -0.39 is 24.4 Å². The molecule has 1 aromatic heterocycles. The number of hydrogen-bond donors (Lipinski definition) is 2. The van der Waals surface area contributed by atoms with E-state index in [1.807, 2.05) is 0 Å². The van der Waals surface area contributed by atoms with Crippen molar-refractivity contribution in [1.82, 2.24) is 25.9 Å². The molecule has 11 heteroatoms. The van der Waals surface area contributed by atoms with Gasteiger partial charge in [0, 0.05) is 0 Å². The molecule has 1 amide bonds. The second-order valence-corrected chi connectivity index (χ2v) is 6.05. The molecule has 3 aromatic rings. The molecular weight excluding hydrogens is 399 g/mol. The van der Waals surface area contributed by atoms with Crippen LogP contribution in [0.15, 0.2) is 42.5 Å². The van der Waals surface area contributed by atoms with E-state index in [0.717, 1.165) is 0 Å². The Labute approximate surface area is 161 Å². The number of tetrazole rings is 1. The summed E-state index contributed by atoms with van der Waals surface area (Å²) in [5.41, 5.74) is 0.936. The highest BCUT2D eigenvalue weighted by Crippen LogP contribution is 2.23. The maximum Gasteiger partial charge on any atom is 0.387 e. The molecule has 0 radical (unpaired) electrons. The van der Waals surface area contributed by atoms with E-state index in [-0.39, 0.29) is 23.0 Å². The number of H-pyrrole nitrogens is 1. The molecule has 0 saturated carbocycles. The third-order valence-electron chi connectivity index (χ3n) is 3.72. The number of benzene rings is 2. The summed E-state index contributed by atoms with van der Waals surface area (Å²) < 4.78 is 42.4. The van der Waals surface area contributed by atoms with E-state index in [0.29, 0.717) is 11.1 Å². The van der Waals surface area contributed by atoms with Gasteiger partial charge in [-0.3, -0.25) is 4.79 Å². The Morgan fingerprint density at radius 1 is 1.21 bits per heavy atom. The van der Waals surface area contributed by atoms with Crippen LogP contribution in [0.1, 0.15) is 23.0 Å². The second-order valence-electron chi connectivity index (χ2n) is 5.64. The van der Waals surface area contributed by atoms with Crippen LogP contribution in [0.2, 0.25) is 5.02 Å². The number of amides is 1. The van der Waals surface area contributed by atoms with E-state index >= 15 is 0 Å². The van der Waals surface area contributed by atoms with E-state index in [9.17, 15) is 18.0 Å². The van der Waals surface area contributed by atoms with Gasteiger partial charge in [0.25, 0.3) is 0 Å². The first-order valence-corrected chi connectivity index (χ1v) is 8.31. The highest BCUT2D eigenvalue weighted by molar-refractivity contribution is 6.30. The van der Waals surface area contributed by atoms with Gasteiger partial charge in [-0.2, -0.15) is 14.0 Å². The van der Waals surface area contributed by atoms with Crippen LogP contribution in [-0.4, -0.2) is 33.1 Å². The Balaban J connectivity index is 1.73. The van der Waals surface area contributed by atoms with Crippen LogP contribution in [0.3, 0.4) is 0 Å². The van der Waals surface area contributed by atoms with Crippen LogP contribution in [0.25, 0.3) is 0 Å². The molecular formula is C17H13ClF3N5O2. The van der Waals surface area contributed by atoms with Gasteiger partial charge in [0.05, 0.1) is 11.4 Å². The molecule has 2 N–H and O–H groups in total. The van der Waals surface area contributed by atoms with Gasteiger partial charge in [-0.1, -0.05) is 35.0 Å². The van der Waals surface area contributed by atoms with Crippen LogP contribution in [0.5, 0.6) is 5.75 Å². The third kappa shape index (κ3) is 4.97. The normalized spacial score (nSPS) is 12.0. The minimum Gasteiger partial charge on any atom is -0.435 e. The predicted molar refractivity (Wildman–Crippen MR) is 92.4 cm³/mol. The molecule has 2 aromatic carbocycles. The molecule has 0 aliphatic heterocycles. The lowest BCUT2D eigenvalue weighted by molar-refractivity contribution is -0.121. The van der Waals surface area contributed by atoms with Crippen molar-refractivity contribution >= 4 is 17.5 Å². The van der Waals surface area contributed by atoms with Crippen LogP contribution in [0, 0.1) is 5.82 Å². The fourth-order valence-corrected chi connectivity index (χ4v) is 2.58. The second kappa shape index (κ2) is 8.70. The molecule has 1 heterocycles. The third-order valence-corrected chi connectivity index (χ3v) is 4.02. The zero-order valence-electron chi connectivity index (χ0n) is 14.1. The van der Waals surface area contributed by atoms with Crippen molar-refractivity contribution in [1.29, 1.82) is 0 Å². The van der Waals surface area contributed by atoms with Gasteiger partial charge in [0.15, 0.2) is 0 Å². The monoisotopic (exact) mass is 411 g/mol. The number of halogens is 4. The smallest absolute Gasteiger partial charge is 0.387 e. The number of carbonyl (C=O) groups is 1. The van der Waals surface area contributed by atoms with Gasteiger partial charge in [-0.15, -0.1) is 10.2 Å². The summed E-state index contributed by atoms with van der Waals surface area (Å²) in [5, 5.41) is 16.0. The number of aromatic nitrogens is 4. The fourth-order valence-electron chi connectivity index (χ4n) is 2.47. The summed E-state index contributed by atoms with van der Waals surface area (Å²) in [7, 11) is 0. The molecule has 0 aliphatic carbocycles.